The Morgan fingerprint density at radius 2 is 0.982 bits per heavy atom. The van der Waals surface area contributed by atoms with E-state index in [1.807, 2.05) is 6.08 Å². The third-order valence-electron chi connectivity index (χ3n) is 11.5. The van der Waals surface area contributed by atoms with Gasteiger partial charge in [-0.2, -0.15) is 0 Å². The molecule has 9 nitrogen and oxygen atoms in total. The highest BCUT2D eigenvalue weighted by atomic mass is 16.7. The molecule has 1 heterocycles. The predicted octanol–water partition coefficient (Wildman–Crippen LogP) is 10.3. The topological polar surface area (TPSA) is 149 Å². The summed E-state index contributed by atoms with van der Waals surface area (Å²) in [6.45, 7) is 3.77. The number of carbonyl (C=O) groups excluding carboxylic acids is 1. The van der Waals surface area contributed by atoms with Crippen molar-refractivity contribution in [2.45, 2.75) is 262 Å². The lowest BCUT2D eigenvalue weighted by atomic mass is 9.99. The Bertz CT molecular complexity index is 945. The monoisotopic (exact) mass is 810 g/mol. The van der Waals surface area contributed by atoms with Gasteiger partial charge in [0.25, 0.3) is 0 Å². The first kappa shape index (κ1) is 53.7. The lowest BCUT2D eigenvalue weighted by Crippen LogP contribution is -2.60. The molecule has 57 heavy (non-hydrogen) atoms. The van der Waals surface area contributed by atoms with Crippen LogP contribution in [0.25, 0.3) is 0 Å². The highest BCUT2D eigenvalue weighted by Gasteiger charge is 2.44. The largest absolute Gasteiger partial charge is 0.394 e. The van der Waals surface area contributed by atoms with Gasteiger partial charge in [0.15, 0.2) is 6.29 Å². The van der Waals surface area contributed by atoms with Crippen LogP contribution in [0, 0.1) is 0 Å². The van der Waals surface area contributed by atoms with Crippen molar-refractivity contribution in [3.8, 4) is 0 Å². The van der Waals surface area contributed by atoms with Crippen LogP contribution in [0.1, 0.15) is 219 Å². The molecule has 0 aromatic carbocycles. The van der Waals surface area contributed by atoms with Gasteiger partial charge in [0, 0.05) is 6.42 Å². The molecule has 1 fully saturated rings. The Hall–Kier alpha value is -1.33. The molecule has 0 unspecified atom stereocenters. The zero-order valence-corrected chi connectivity index (χ0v) is 36.9. The van der Waals surface area contributed by atoms with Crippen LogP contribution in [0.5, 0.6) is 0 Å². The van der Waals surface area contributed by atoms with Gasteiger partial charge in [0.05, 0.1) is 25.4 Å². The minimum atomic E-state index is -1.56. The second-order valence-corrected chi connectivity index (χ2v) is 16.9. The van der Waals surface area contributed by atoms with Gasteiger partial charge < -0.3 is 40.3 Å². The van der Waals surface area contributed by atoms with E-state index in [1.165, 1.54) is 161 Å². The normalized spacial score (nSPS) is 21.1. The lowest BCUT2D eigenvalue weighted by Gasteiger charge is -2.40. The van der Waals surface area contributed by atoms with Gasteiger partial charge in [0.1, 0.15) is 24.4 Å². The summed E-state index contributed by atoms with van der Waals surface area (Å²) >= 11 is 0. The van der Waals surface area contributed by atoms with Gasteiger partial charge in [-0.05, 0) is 44.9 Å². The van der Waals surface area contributed by atoms with Gasteiger partial charge in [-0.15, -0.1) is 0 Å². The smallest absolute Gasteiger partial charge is 0.220 e. The van der Waals surface area contributed by atoms with Crippen LogP contribution < -0.4 is 5.32 Å². The van der Waals surface area contributed by atoms with Crippen LogP contribution in [0.2, 0.25) is 0 Å². The maximum Gasteiger partial charge on any atom is 0.220 e. The molecule has 1 saturated heterocycles. The number of allylic oxidation sites excluding steroid dienone is 3. The van der Waals surface area contributed by atoms with E-state index in [1.54, 1.807) is 6.08 Å². The summed E-state index contributed by atoms with van der Waals surface area (Å²) in [7, 11) is 0. The summed E-state index contributed by atoms with van der Waals surface area (Å²) < 4.78 is 11.2. The first-order valence-electron chi connectivity index (χ1n) is 24.1. The van der Waals surface area contributed by atoms with E-state index in [0.717, 1.165) is 38.5 Å². The van der Waals surface area contributed by atoms with Crippen LogP contribution in [0.3, 0.4) is 0 Å². The molecule has 1 aliphatic heterocycles. The fourth-order valence-electron chi connectivity index (χ4n) is 7.62. The van der Waals surface area contributed by atoms with Crippen molar-refractivity contribution >= 4 is 5.91 Å². The molecule has 1 amide bonds. The second kappa shape index (κ2) is 38.8. The molecule has 6 N–H and O–H groups in total. The van der Waals surface area contributed by atoms with E-state index in [4.69, 9.17) is 9.47 Å². The van der Waals surface area contributed by atoms with Gasteiger partial charge in [-0.25, -0.2) is 0 Å². The predicted molar refractivity (Wildman–Crippen MR) is 235 cm³/mol. The number of carbonyl (C=O) groups is 1. The lowest BCUT2D eigenvalue weighted by molar-refractivity contribution is -0.302. The molecule has 0 radical (unpaired) electrons. The van der Waals surface area contributed by atoms with E-state index in [-0.39, 0.29) is 12.5 Å². The Morgan fingerprint density at radius 3 is 1.42 bits per heavy atom. The van der Waals surface area contributed by atoms with E-state index in [0.29, 0.717) is 6.42 Å². The van der Waals surface area contributed by atoms with Crippen LogP contribution in [0.4, 0.5) is 0 Å². The number of unbranched alkanes of at least 4 members (excludes halogenated alkanes) is 28. The first-order valence-corrected chi connectivity index (χ1v) is 24.1. The molecule has 0 spiro atoms. The van der Waals surface area contributed by atoms with Crippen LogP contribution in [-0.4, -0.2) is 87.5 Å². The van der Waals surface area contributed by atoms with Crippen LogP contribution in [0.15, 0.2) is 24.3 Å². The summed E-state index contributed by atoms with van der Waals surface area (Å²) in [6.07, 6.45) is 39.3. The standard InChI is InChI=1S/C48H91NO8/c1-3-5-7-9-11-13-15-17-18-19-20-21-22-23-24-26-28-30-32-34-36-38-44(52)49-41(40-56-48-47(55)46(54)45(53)43(39-50)57-48)42(51)37-35-33-31-29-27-25-16-14-12-10-8-6-4-2/h17-18,35,37,41-43,45-48,50-51,53-55H,3-16,19-34,36,38-40H2,1-2H3,(H,49,52)/t41-,42+,43+,45+,46-,47+,48+/m0/s1. The van der Waals surface area contributed by atoms with Crippen molar-refractivity contribution in [3.63, 3.8) is 0 Å². The average molecular weight is 810 g/mol. The molecular weight excluding hydrogens is 719 g/mol. The fraction of sp³-hybridized carbons (Fsp3) is 0.896. The zero-order valence-electron chi connectivity index (χ0n) is 36.9. The molecule has 0 saturated carbocycles. The van der Waals surface area contributed by atoms with Crippen molar-refractivity contribution in [2.24, 2.45) is 0 Å². The maximum atomic E-state index is 13.0. The van der Waals surface area contributed by atoms with E-state index < -0.39 is 49.5 Å². The zero-order chi connectivity index (χ0) is 41.6. The van der Waals surface area contributed by atoms with E-state index in [2.05, 4.69) is 31.3 Å². The summed E-state index contributed by atoms with van der Waals surface area (Å²) in [6, 6.07) is -0.801. The molecular formula is C48H91NO8. The van der Waals surface area contributed by atoms with Crippen LogP contribution >= 0.6 is 0 Å². The fourth-order valence-corrected chi connectivity index (χ4v) is 7.62. The Kier molecular flexibility index (Phi) is 36.6. The molecule has 0 aromatic rings. The van der Waals surface area contributed by atoms with Crippen molar-refractivity contribution < 1.29 is 39.8 Å². The van der Waals surface area contributed by atoms with Gasteiger partial charge in [-0.3, -0.25) is 4.79 Å². The number of amides is 1. The summed E-state index contributed by atoms with van der Waals surface area (Å²) in [5.74, 6) is -0.177. The Balaban J connectivity index is 2.29. The number of aliphatic hydroxyl groups is 5. The quantitative estimate of drug-likeness (QED) is 0.0265. The van der Waals surface area contributed by atoms with E-state index >= 15 is 0 Å². The van der Waals surface area contributed by atoms with Crippen molar-refractivity contribution in [1.82, 2.24) is 5.32 Å². The van der Waals surface area contributed by atoms with Crippen molar-refractivity contribution in [1.29, 1.82) is 0 Å². The molecule has 1 rings (SSSR count). The minimum Gasteiger partial charge on any atom is -0.394 e. The third-order valence-corrected chi connectivity index (χ3v) is 11.5. The van der Waals surface area contributed by atoms with Crippen molar-refractivity contribution in [3.05, 3.63) is 24.3 Å². The van der Waals surface area contributed by atoms with Gasteiger partial charge >= 0.3 is 0 Å². The number of ether oxygens (including phenoxy) is 2. The molecule has 0 aliphatic carbocycles. The maximum absolute atomic E-state index is 13.0. The highest BCUT2D eigenvalue weighted by Crippen LogP contribution is 2.23. The highest BCUT2D eigenvalue weighted by molar-refractivity contribution is 5.76. The molecule has 7 atom stereocenters. The number of hydrogen-bond donors (Lipinski definition) is 6. The van der Waals surface area contributed by atoms with Crippen molar-refractivity contribution in [2.75, 3.05) is 13.2 Å². The van der Waals surface area contributed by atoms with Crippen LogP contribution in [-0.2, 0) is 14.3 Å². The third kappa shape index (κ3) is 29.5. The SMILES string of the molecule is CCCCCCCCC=CCCCCCCCCCCCCCC(=O)N[C@@H](CO[C@@H]1O[C@H](CO)[C@@H](O)[C@H](O)[C@H]1O)[C@H](O)C=CCCCCCCCCCCCCC. The summed E-state index contributed by atoms with van der Waals surface area (Å²) in [5, 5.41) is 54.2. The van der Waals surface area contributed by atoms with Gasteiger partial charge in [-0.1, -0.05) is 192 Å². The minimum absolute atomic E-state index is 0.177. The number of nitrogens with one attached hydrogen (secondary N) is 1. The molecule has 0 bridgehead atoms. The average Bonchev–Trinajstić information content (AvgIpc) is 3.21. The van der Waals surface area contributed by atoms with Gasteiger partial charge in [0.2, 0.25) is 5.91 Å². The number of aliphatic hydroxyl groups excluding tert-OH is 5. The molecule has 1 aliphatic rings. The second-order valence-electron chi connectivity index (χ2n) is 16.9. The Labute approximate surface area is 349 Å². The van der Waals surface area contributed by atoms with E-state index in [9.17, 15) is 30.3 Å². The number of rotatable bonds is 40. The number of hydrogen-bond acceptors (Lipinski definition) is 8. The summed E-state index contributed by atoms with van der Waals surface area (Å²) in [5.41, 5.74) is 0. The first-order chi connectivity index (χ1) is 27.8. The Morgan fingerprint density at radius 1 is 0.579 bits per heavy atom. The molecule has 9 heteroatoms. The molecule has 0 aromatic heterocycles. The molecule has 336 valence electrons. The summed E-state index contributed by atoms with van der Waals surface area (Å²) in [4.78, 5) is 13.0.